The van der Waals surface area contributed by atoms with Crippen LogP contribution in [-0.2, 0) is 10.0 Å². The Morgan fingerprint density at radius 1 is 0.964 bits per heavy atom. The summed E-state index contributed by atoms with van der Waals surface area (Å²) in [6, 6.07) is 9.18. The van der Waals surface area contributed by atoms with Crippen molar-refractivity contribution in [2.75, 3.05) is 26.6 Å². The quantitative estimate of drug-likeness (QED) is 0.698. The Hall–Kier alpha value is -2.78. The van der Waals surface area contributed by atoms with Gasteiger partial charge >= 0.3 is 0 Å². The number of hydrogen-bond acceptors (Lipinski definition) is 6. The third kappa shape index (κ3) is 4.37. The number of sulfonamides is 1. The minimum atomic E-state index is -3.79. The van der Waals surface area contributed by atoms with Gasteiger partial charge < -0.3 is 19.5 Å². The van der Waals surface area contributed by atoms with Crippen LogP contribution in [0, 0.1) is 0 Å². The number of benzene rings is 2. The smallest absolute Gasteiger partial charge is 0.255 e. The molecule has 8 nitrogen and oxygen atoms in total. The van der Waals surface area contributed by atoms with E-state index >= 15 is 0 Å². The third-order valence-electron chi connectivity index (χ3n) is 4.27. The van der Waals surface area contributed by atoms with Crippen LogP contribution >= 0.6 is 0 Å². The summed E-state index contributed by atoms with van der Waals surface area (Å²) >= 11 is 0. The van der Waals surface area contributed by atoms with Gasteiger partial charge in [-0.2, -0.15) is 0 Å². The molecule has 2 aromatic carbocycles. The molecule has 0 aliphatic heterocycles. The van der Waals surface area contributed by atoms with Crippen molar-refractivity contribution in [2.45, 2.75) is 23.8 Å². The van der Waals surface area contributed by atoms with Crippen molar-refractivity contribution in [2.24, 2.45) is 0 Å². The van der Waals surface area contributed by atoms with E-state index in [4.69, 9.17) is 14.2 Å². The zero-order valence-corrected chi connectivity index (χ0v) is 16.6. The molecule has 0 aromatic heterocycles. The van der Waals surface area contributed by atoms with E-state index < -0.39 is 15.9 Å². The van der Waals surface area contributed by atoms with Crippen LogP contribution in [0.4, 0.5) is 5.69 Å². The molecule has 0 bridgehead atoms. The molecule has 0 atom stereocenters. The van der Waals surface area contributed by atoms with E-state index in [1.54, 1.807) is 18.2 Å². The topological polar surface area (TPSA) is 103 Å². The van der Waals surface area contributed by atoms with Gasteiger partial charge in [0.2, 0.25) is 10.0 Å². The number of carbonyl (C=O) groups is 1. The van der Waals surface area contributed by atoms with Gasteiger partial charge in [-0.1, -0.05) is 0 Å². The lowest BCUT2D eigenvalue weighted by atomic mass is 10.2. The number of carbonyl (C=O) groups excluding carboxylic acids is 1. The van der Waals surface area contributed by atoms with Crippen LogP contribution in [0.25, 0.3) is 0 Å². The van der Waals surface area contributed by atoms with Crippen LogP contribution in [-0.4, -0.2) is 41.7 Å². The maximum absolute atomic E-state index is 12.7. The van der Waals surface area contributed by atoms with E-state index in [0.29, 0.717) is 17.2 Å². The standard InChI is InChI=1S/C19H22N2O6S/c1-25-14-7-9-16(26-2)15(11-14)20-19(22)12-4-8-17(27-3)18(10-12)28(23,24)21-13-5-6-13/h4,7-11,13,21H,5-6H2,1-3H3,(H,20,22). The molecule has 0 radical (unpaired) electrons. The molecule has 0 heterocycles. The fourth-order valence-corrected chi connectivity index (χ4v) is 4.12. The Morgan fingerprint density at radius 2 is 1.64 bits per heavy atom. The molecule has 1 aliphatic rings. The van der Waals surface area contributed by atoms with Gasteiger partial charge in [-0.05, 0) is 43.2 Å². The number of nitrogens with one attached hydrogen (secondary N) is 2. The van der Waals surface area contributed by atoms with Gasteiger partial charge in [0, 0.05) is 17.7 Å². The van der Waals surface area contributed by atoms with Crippen molar-refractivity contribution < 1.29 is 27.4 Å². The lowest BCUT2D eigenvalue weighted by Crippen LogP contribution is -2.26. The molecule has 2 aromatic rings. The van der Waals surface area contributed by atoms with E-state index in [0.717, 1.165) is 12.8 Å². The average molecular weight is 406 g/mol. The minimum Gasteiger partial charge on any atom is -0.497 e. The molecule has 0 spiro atoms. The predicted molar refractivity (Wildman–Crippen MR) is 104 cm³/mol. The van der Waals surface area contributed by atoms with Gasteiger partial charge in [0.15, 0.2) is 0 Å². The molecule has 28 heavy (non-hydrogen) atoms. The molecule has 9 heteroatoms. The van der Waals surface area contributed by atoms with Crippen molar-refractivity contribution in [3.63, 3.8) is 0 Å². The normalized spacial score (nSPS) is 13.7. The number of methoxy groups -OCH3 is 3. The Labute approximate surface area is 163 Å². The fraction of sp³-hybridized carbons (Fsp3) is 0.316. The van der Waals surface area contributed by atoms with Crippen molar-refractivity contribution in [1.29, 1.82) is 0 Å². The van der Waals surface area contributed by atoms with Gasteiger partial charge in [0.05, 0.1) is 27.0 Å². The van der Waals surface area contributed by atoms with Crippen LogP contribution in [0.15, 0.2) is 41.3 Å². The maximum Gasteiger partial charge on any atom is 0.255 e. The molecular weight excluding hydrogens is 384 g/mol. The van der Waals surface area contributed by atoms with Gasteiger partial charge in [-0.15, -0.1) is 0 Å². The van der Waals surface area contributed by atoms with Gasteiger partial charge in [0.25, 0.3) is 5.91 Å². The minimum absolute atomic E-state index is 0.0618. The van der Waals surface area contributed by atoms with Crippen molar-refractivity contribution in [3.8, 4) is 17.2 Å². The monoisotopic (exact) mass is 406 g/mol. The molecule has 3 rings (SSSR count). The van der Waals surface area contributed by atoms with Crippen LogP contribution in [0.3, 0.4) is 0 Å². The van der Waals surface area contributed by atoms with E-state index in [1.165, 1.54) is 39.5 Å². The largest absolute Gasteiger partial charge is 0.497 e. The summed E-state index contributed by atoms with van der Waals surface area (Å²) in [6.45, 7) is 0. The Balaban J connectivity index is 1.91. The first-order valence-electron chi connectivity index (χ1n) is 8.61. The van der Waals surface area contributed by atoms with Crippen LogP contribution in [0.5, 0.6) is 17.2 Å². The average Bonchev–Trinajstić information content (AvgIpc) is 3.50. The summed E-state index contributed by atoms with van der Waals surface area (Å²) in [5.74, 6) is 0.675. The predicted octanol–water partition coefficient (Wildman–Crippen LogP) is 2.41. The molecular formula is C19H22N2O6S. The maximum atomic E-state index is 12.7. The van der Waals surface area contributed by atoms with E-state index in [9.17, 15) is 13.2 Å². The van der Waals surface area contributed by atoms with Crippen molar-refractivity contribution in [1.82, 2.24) is 4.72 Å². The van der Waals surface area contributed by atoms with E-state index in [2.05, 4.69) is 10.0 Å². The summed E-state index contributed by atoms with van der Waals surface area (Å²) in [5.41, 5.74) is 0.574. The zero-order valence-electron chi connectivity index (χ0n) is 15.8. The lowest BCUT2D eigenvalue weighted by molar-refractivity contribution is 0.102. The van der Waals surface area contributed by atoms with E-state index in [-0.39, 0.29) is 22.3 Å². The summed E-state index contributed by atoms with van der Waals surface area (Å²) in [7, 11) is 0.589. The molecule has 1 saturated carbocycles. The molecule has 1 aliphatic carbocycles. The van der Waals surface area contributed by atoms with Crippen LogP contribution in [0.1, 0.15) is 23.2 Å². The number of hydrogen-bond donors (Lipinski definition) is 2. The van der Waals surface area contributed by atoms with Gasteiger partial charge in [-0.3, -0.25) is 4.79 Å². The van der Waals surface area contributed by atoms with Gasteiger partial charge in [-0.25, -0.2) is 13.1 Å². The number of rotatable bonds is 8. The molecule has 0 saturated heterocycles. The molecule has 1 fully saturated rings. The first-order chi connectivity index (χ1) is 13.4. The Morgan fingerprint density at radius 3 is 2.25 bits per heavy atom. The summed E-state index contributed by atoms with van der Waals surface area (Å²) in [6.07, 6.45) is 1.61. The molecule has 1 amide bonds. The SMILES string of the molecule is COc1ccc(OC)c(NC(=O)c2ccc(OC)c(S(=O)(=O)NC3CC3)c2)c1. The second-order valence-electron chi connectivity index (χ2n) is 6.28. The number of ether oxygens (including phenoxy) is 3. The van der Waals surface area contributed by atoms with Gasteiger partial charge in [0.1, 0.15) is 22.1 Å². The number of amides is 1. The third-order valence-corrected chi connectivity index (χ3v) is 5.81. The highest BCUT2D eigenvalue weighted by Crippen LogP contribution is 2.31. The number of anilines is 1. The highest BCUT2D eigenvalue weighted by atomic mass is 32.2. The van der Waals surface area contributed by atoms with Crippen molar-refractivity contribution >= 4 is 21.6 Å². The lowest BCUT2D eigenvalue weighted by Gasteiger charge is -2.14. The molecule has 2 N–H and O–H groups in total. The summed E-state index contributed by atoms with van der Waals surface area (Å²) in [5, 5.41) is 2.72. The Kier molecular flexibility index (Phi) is 5.76. The second kappa shape index (κ2) is 8.07. The fourth-order valence-electron chi connectivity index (χ4n) is 2.62. The Bertz CT molecular complexity index is 986. The van der Waals surface area contributed by atoms with Crippen molar-refractivity contribution in [3.05, 3.63) is 42.0 Å². The first-order valence-corrected chi connectivity index (χ1v) is 10.1. The van der Waals surface area contributed by atoms with Crippen LogP contribution < -0.4 is 24.2 Å². The highest BCUT2D eigenvalue weighted by Gasteiger charge is 2.30. The first kappa shape index (κ1) is 20.0. The summed E-state index contributed by atoms with van der Waals surface area (Å²) < 4.78 is 43.4. The van der Waals surface area contributed by atoms with Crippen LogP contribution in [0.2, 0.25) is 0 Å². The second-order valence-corrected chi connectivity index (χ2v) is 7.96. The summed E-state index contributed by atoms with van der Waals surface area (Å²) in [4.78, 5) is 12.7. The highest BCUT2D eigenvalue weighted by molar-refractivity contribution is 7.89. The molecule has 150 valence electrons. The molecule has 0 unspecified atom stereocenters. The zero-order chi connectivity index (χ0) is 20.3. The van der Waals surface area contributed by atoms with E-state index in [1.807, 2.05) is 0 Å².